The number of Topliss-reactive ketones (excluding diaryl/α,β-unsaturated/α-hetero) is 1. The Bertz CT molecular complexity index is 1200. The summed E-state index contributed by atoms with van der Waals surface area (Å²) in [7, 11) is 3.00. The number of nitrogens with one attached hydrogen (secondary N) is 1. The van der Waals surface area contributed by atoms with E-state index in [-0.39, 0.29) is 42.9 Å². The molecule has 0 bridgehead atoms. The van der Waals surface area contributed by atoms with Crippen LogP contribution in [-0.4, -0.2) is 44.6 Å². The van der Waals surface area contributed by atoms with Gasteiger partial charge in [-0.05, 0) is 31.2 Å². The van der Waals surface area contributed by atoms with Gasteiger partial charge < -0.3 is 14.0 Å². The number of hydrogen-bond donors (Lipinski definition) is 1. The molecule has 0 saturated heterocycles. The predicted molar refractivity (Wildman–Crippen MR) is 108 cm³/mol. The average Bonchev–Trinajstić information content (AvgIpc) is 3.09. The highest BCUT2D eigenvalue weighted by Crippen LogP contribution is 2.16. The number of hydrogen-bond acceptors (Lipinski definition) is 7. The number of ether oxygens (including phenoxy) is 2. The summed E-state index contributed by atoms with van der Waals surface area (Å²) in [4.78, 5) is 55.6. The van der Waals surface area contributed by atoms with Crippen molar-refractivity contribution in [3.05, 3.63) is 56.5 Å². The number of aromatic nitrogens is 4. The molecule has 10 heteroatoms. The summed E-state index contributed by atoms with van der Waals surface area (Å²) < 4.78 is 12.7. The molecule has 0 amide bonds. The molecule has 0 fully saturated rings. The lowest BCUT2D eigenvalue weighted by molar-refractivity contribution is -0.143. The number of carbonyl (C=O) groups excluding carboxylic acids is 2. The van der Waals surface area contributed by atoms with Crippen molar-refractivity contribution in [3.8, 4) is 5.75 Å². The van der Waals surface area contributed by atoms with Crippen molar-refractivity contribution in [2.45, 2.75) is 26.3 Å². The summed E-state index contributed by atoms with van der Waals surface area (Å²) in [5.74, 6) is 0.274. The summed E-state index contributed by atoms with van der Waals surface area (Å²) in [5, 5.41) is 0. The standard InChI is InChI=1S/C20H22N4O6/c1-4-30-16(26)10-9-15-21-18-17(19(27)22-20(28)23(18)2)24(15)11-14(25)12-5-7-13(29-3)8-6-12/h5-8H,4,9-11H2,1-3H3,(H,22,27,28). The summed E-state index contributed by atoms with van der Waals surface area (Å²) in [6.45, 7) is 1.78. The zero-order valence-electron chi connectivity index (χ0n) is 16.9. The van der Waals surface area contributed by atoms with Crippen LogP contribution in [0.15, 0.2) is 33.9 Å². The van der Waals surface area contributed by atoms with Gasteiger partial charge in [0.25, 0.3) is 5.56 Å². The topological polar surface area (TPSA) is 125 Å². The van der Waals surface area contributed by atoms with Crippen molar-refractivity contribution in [1.82, 2.24) is 19.1 Å². The van der Waals surface area contributed by atoms with E-state index in [0.717, 1.165) is 0 Å². The van der Waals surface area contributed by atoms with E-state index in [1.54, 1.807) is 31.2 Å². The molecule has 0 aliphatic rings. The Hall–Kier alpha value is -3.69. The molecule has 0 atom stereocenters. The van der Waals surface area contributed by atoms with E-state index in [4.69, 9.17) is 9.47 Å². The number of carbonyl (C=O) groups is 2. The molecule has 158 valence electrons. The van der Waals surface area contributed by atoms with E-state index in [1.807, 2.05) is 0 Å². The van der Waals surface area contributed by atoms with Gasteiger partial charge in [0, 0.05) is 19.0 Å². The van der Waals surface area contributed by atoms with Crippen molar-refractivity contribution in [2.24, 2.45) is 7.05 Å². The second-order valence-electron chi connectivity index (χ2n) is 6.56. The van der Waals surface area contributed by atoms with Gasteiger partial charge in [0.1, 0.15) is 11.6 Å². The lowest BCUT2D eigenvalue weighted by Gasteiger charge is -2.09. The highest BCUT2D eigenvalue weighted by Gasteiger charge is 2.20. The largest absolute Gasteiger partial charge is 0.497 e. The van der Waals surface area contributed by atoms with E-state index < -0.39 is 17.2 Å². The molecule has 0 radical (unpaired) electrons. The smallest absolute Gasteiger partial charge is 0.329 e. The number of imidazole rings is 1. The van der Waals surface area contributed by atoms with Crippen LogP contribution in [0.25, 0.3) is 11.2 Å². The Labute approximate surface area is 171 Å². The van der Waals surface area contributed by atoms with Gasteiger partial charge in [-0.25, -0.2) is 9.78 Å². The molecule has 3 rings (SSSR count). The molecule has 10 nitrogen and oxygen atoms in total. The van der Waals surface area contributed by atoms with Crippen molar-refractivity contribution in [3.63, 3.8) is 0 Å². The summed E-state index contributed by atoms with van der Waals surface area (Å²) in [6, 6.07) is 6.58. The number of fused-ring (bicyclic) bond motifs is 1. The fraction of sp³-hybridized carbons (Fsp3) is 0.350. The van der Waals surface area contributed by atoms with Crippen LogP contribution in [0.3, 0.4) is 0 Å². The molecule has 0 saturated carbocycles. The van der Waals surface area contributed by atoms with Crippen molar-refractivity contribution < 1.29 is 19.1 Å². The second kappa shape index (κ2) is 8.76. The normalized spacial score (nSPS) is 10.9. The number of aryl methyl sites for hydroxylation is 2. The Balaban J connectivity index is 2.03. The third kappa shape index (κ3) is 4.17. The van der Waals surface area contributed by atoms with E-state index in [2.05, 4.69) is 9.97 Å². The SMILES string of the molecule is CCOC(=O)CCc1nc2c(c(=O)[nH]c(=O)n2C)n1CC(=O)c1ccc(OC)cc1. The van der Waals surface area contributed by atoms with Gasteiger partial charge in [0.15, 0.2) is 16.9 Å². The highest BCUT2D eigenvalue weighted by atomic mass is 16.5. The maximum absolute atomic E-state index is 12.8. The first-order valence-corrected chi connectivity index (χ1v) is 9.37. The number of methoxy groups -OCH3 is 1. The minimum Gasteiger partial charge on any atom is -0.497 e. The lowest BCUT2D eigenvalue weighted by atomic mass is 10.1. The highest BCUT2D eigenvalue weighted by molar-refractivity contribution is 5.96. The van der Waals surface area contributed by atoms with E-state index in [9.17, 15) is 19.2 Å². The quantitative estimate of drug-likeness (QED) is 0.427. The van der Waals surface area contributed by atoms with Crippen LogP contribution in [0.4, 0.5) is 0 Å². The van der Waals surface area contributed by atoms with Crippen LogP contribution in [-0.2, 0) is 29.5 Å². The molecule has 0 spiro atoms. The first-order valence-electron chi connectivity index (χ1n) is 9.37. The molecule has 30 heavy (non-hydrogen) atoms. The molecule has 0 aliphatic heterocycles. The zero-order chi connectivity index (χ0) is 21.8. The van der Waals surface area contributed by atoms with Crippen LogP contribution in [0.1, 0.15) is 29.5 Å². The van der Waals surface area contributed by atoms with Gasteiger partial charge in [0.2, 0.25) is 0 Å². The fourth-order valence-electron chi connectivity index (χ4n) is 3.10. The maximum atomic E-state index is 12.8. The molecule has 1 aromatic carbocycles. The van der Waals surface area contributed by atoms with Crippen molar-refractivity contribution >= 4 is 22.9 Å². The third-order valence-corrected chi connectivity index (χ3v) is 4.66. The lowest BCUT2D eigenvalue weighted by Crippen LogP contribution is -2.29. The van der Waals surface area contributed by atoms with Crippen molar-refractivity contribution in [1.29, 1.82) is 0 Å². The second-order valence-corrected chi connectivity index (χ2v) is 6.56. The Morgan fingerprint density at radius 1 is 1.17 bits per heavy atom. The van der Waals surface area contributed by atoms with Crippen LogP contribution < -0.4 is 16.0 Å². The minimum atomic E-state index is -0.648. The maximum Gasteiger partial charge on any atom is 0.329 e. The van der Waals surface area contributed by atoms with Crippen LogP contribution >= 0.6 is 0 Å². The van der Waals surface area contributed by atoms with Gasteiger partial charge in [-0.2, -0.15) is 0 Å². The molecule has 0 unspecified atom stereocenters. The summed E-state index contributed by atoms with van der Waals surface area (Å²) in [6.07, 6.45) is 0.177. The first-order chi connectivity index (χ1) is 14.3. The Morgan fingerprint density at radius 2 is 1.87 bits per heavy atom. The number of rotatable bonds is 8. The van der Waals surface area contributed by atoms with Gasteiger partial charge in [-0.3, -0.25) is 23.9 Å². The van der Waals surface area contributed by atoms with E-state index in [0.29, 0.717) is 17.1 Å². The van der Waals surface area contributed by atoms with Gasteiger partial charge in [-0.1, -0.05) is 0 Å². The van der Waals surface area contributed by atoms with Crippen LogP contribution in [0, 0.1) is 0 Å². The fourth-order valence-corrected chi connectivity index (χ4v) is 3.10. The average molecular weight is 414 g/mol. The zero-order valence-corrected chi connectivity index (χ0v) is 16.9. The predicted octanol–water partition coefficient (Wildman–Crippen LogP) is 0.810. The van der Waals surface area contributed by atoms with E-state index >= 15 is 0 Å². The van der Waals surface area contributed by atoms with Crippen molar-refractivity contribution in [2.75, 3.05) is 13.7 Å². The third-order valence-electron chi connectivity index (χ3n) is 4.66. The minimum absolute atomic E-state index is 0.0275. The molecular weight excluding hydrogens is 392 g/mol. The molecule has 2 aromatic heterocycles. The monoisotopic (exact) mass is 414 g/mol. The summed E-state index contributed by atoms with van der Waals surface area (Å²) in [5.41, 5.74) is -0.598. The molecule has 1 N–H and O–H groups in total. The number of esters is 1. The van der Waals surface area contributed by atoms with Crippen LogP contribution in [0.2, 0.25) is 0 Å². The molecule has 2 heterocycles. The first kappa shape index (κ1) is 21.0. The Morgan fingerprint density at radius 3 is 2.50 bits per heavy atom. The number of aromatic amines is 1. The van der Waals surface area contributed by atoms with E-state index in [1.165, 1.54) is 23.3 Å². The number of benzene rings is 1. The molecular formula is C20H22N4O6. The van der Waals surface area contributed by atoms with Gasteiger partial charge in [-0.15, -0.1) is 0 Å². The molecule has 3 aromatic rings. The molecule has 0 aliphatic carbocycles. The number of nitrogens with zero attached hydrogens (tertiary/aromatic N) is 3. The Kier molecular flexibility index (Phi) is 6.14. The van der Waals surface area contributed by atoms with Gasteiger partial charge in [0.05, 0.1) is 26.7 Å². The summed E-state index contributed by atoms with van der Waals surface area (Å²) >= 11 is 0. The van der Waals surface area contributed by atoms with Gasteiger partial charge >= 0.3 is 11.7 Å². The van der Waals surface area contributed by atoms with Crippen LogP contribution in [0.5, 0.6) is 5.75 Å². The number of ketones is 1. The number of H-pyrrole nitrogens is 1.